The van der Waals surface area contributed by atoms with E-state index in [1.165, 1.54) is 27.8 Å². The first-order valence-corrected chi connectivity index (χ1v) is 11.1. The van der Waals surface area contributed by atoms with Crippen LogP contribution >= 0.6 is 0 Å². The van der Waals surface area contributed by atoms with Crippen molar-refractivity contribution in [2.24, 2.45) is 0 Å². The highest BCUT2D eigenvalue weighted by atomic mass is 16.5. The summed E-state index contributed by atoms with van der Waals surface area (Å²) in [6.07, 6.45) is 5.99. The highest BCUT2D eigenvalue weighted by Crippen LogP contribution is 2.29. The summed E-state index contributed by atoms with van der Waals surface area (Å²) in [6.45, 7) is 0.564. The topological polar surface area (TPSA) is 144 Å². The Morgan fingerprint density at radius 1 is 1.20 bits per heavy atom. The second kappa shape index (κ2) is 8.78. The van der Waals surface area contributed by atoms with Crippen molar-refractivity contribution in [2.45, 2.75) is 37.9 Å². The molecule has 0 bridgehead atoms. The molecule has 5 rings (SSSR count). The largest absolute Gasteiger partial charge is 0.467 e. The van der Waals surface area contributed by atoms with E-state index in [1.54, 1.807) is 24.3 Å². The Hall–Kier alpha value is -4.35. The Morgan fingerprint density at radius 2 is 2.03 bits per heavy atom. The predicted octanol–water partition coefficient (Wildman–Crippen LogP) is -0.0280. The molecule has 0 saturated carbocycles. The molecule has 0 aliphatic carbocycles. The summed E-state index contributed by atoms with van der Waals surface area (Å²) in [5.74, 6) is -2.07. The maximum Gasteiger partial charge on any atom is 0.332 e. The summed E-state index contributed by atoms with van der Waals surface area (Å²) in [6, 6.07) is 3.55. The van der Waals surface area contributed by atoms with Gasteiger partial charge in [-0.3, -0.25) is 24.5 Å². The minimum atomic E-state index is -0.823. The second-order valence-electron chi connectivity index (χ2n) is 8.47. The molecule has 2 atom stereocenters. The summed E-state index contributed by atoms with van der Waals surface area (Å²) in [4.78, 5) is 64.5. The molecular formula is C23H22N6O6. The van der Waals surface area contributed by atoms with Gasteiger partial charge < -0.3 is 14.5 Å². The highest BCUT2D eigenvalue weighted by Gasteiger charge is 2.39. The number of fused-ring (bicyclic) bond motifs is 1. The average Bonchev–Trinajstić information content (AvgIpc) is 3.48. The molecule has 0 spiro atoms. The molecule has 1 N–H and O–H groups in total. The zero-order valence-electron chi connectivity index (χ0n) is 18.8. The van der Waals surface area contributed by atoms with E-state index in [9.17, 15) is 24.0 Å². The van der Waals surface area contributed by atoms with Crippen molar-refractivity contribution in [3.05, 3.63) is 53.4 Å². The first-order valence-electron chi connectivity index (χ1n) is 11.1. The number of nitrogens with one attached hydrogen (secondary N) is 1. The minimum absolute atomic E-state index is 0.0657. The molecule has 0 radical (unpaired) electrons. The number of hydrogen-bond donors (Lipinski definition) is 1. The van der Waals surface area contributed by atoms with Crippen molar-refractivity contribution in [1.82, 2.24) is 30.1 Å². The number of aromatic nitrogens is 3. The third-order valence-electron chi connectivity index (χ3n) is 6.38. The average molecular weight is 478 g/mol. The summed E-state index contributed by atoms with van der Waals surface area (Å²) >= 11 is 0. The van der Waals surface area contributed by atoms with Gasteiger partial charge in [0.1, 0.15) is 12.1 Å². The van der Waals surface area contributed by atoms with E-state index >= 15 is 0 Å². The lowest BCUT2D eigenvalue weighted by molar-refractivity contribution is -0.144. The van der Waals surface area contributed by atoms with Crippen LogP contribution in [0.15, 0.2) is 36.5 Å². The molecule has 12 heteroatoms. The second-order valence-corrected chi connectivity index (χ2v) is 8.47. The number of esters is 1. The van der Waals surface area contributed by atoms with Crippen LogP contribution in [0.5, 0.6) is 0 Å². The standard InChI is InChI=1S/C23H22N6O6/c1-35-23(34)18-4-2-3-9-27(18)22(33)16-12-29(26-25-16)14-5-6-15-13(10-14)11-28(21(15)32)17-7-8-19(30)24-20(17)31/h2,4-6,10,12,17-18H,3,7-9,11H2,1H3,(H,24,30,31). The van der Waals surface area contributed by atoms with Gasteiger partial charge in [0.25, 0.3) is 11.8 Å². The summed E-state index contributed by atoms with van der Waals surface area (Å²) in [5.41, 5.74) is 1.82. The van der Waals surface area contributed by atoms with E-state index in [4.69, 9.17) is 4.74 Å². The Labute approximate surface area is 199 Å². The third kappa shape index (κ3) is 3.96. The number of rotatable bonds is 4. The number of ether oxygens (including phenoxy) is 1. The van der Waals surface area contributed by atoms with Crippen LogP contribution in [0.25, 0.3) is 5.69 Å². The maximum atomic E-state index is 13.0. The smallest absolute Gasteiger partial charge is 0.332 e. The van der Waals surface area contributed by atoms with E-state index in [2.05, 4.69) is 15.6 Å². The van der Waals surface area contributed by atoms with Gasteiger partial charge >= 0.3 is 5.97 Å². The molecule has 4 heterocycles. The molecule has 3 aliphatic rings. The number of carbonyl (C=O) groups is 5. The van der Waals surface area contributed by atoms with Crippen molar-refractivity contribution in [3.63, 3.8) is 0 Å². The van der Waals surface area contributed by atoms with E-state index < -0.39 is 29.9 Å². The Balaban J connectivity index is 1.35. The number of carbonyl (C=O) groups excluding carboxylic acids is 5. The number of nitrogens with zero attached hydrogens (tertiary/aromatic N) is 5. The van der Waals surface area contributed by atoms with E-state index in [1.807, 2.05) is 6.08 Å². The normalized spacial score (nSPS) is 21.7. The fraction of sp³-hybridized carbons (Fsp3) is 0.348. The monoisotopic (exact) mass is 478 g/mol. The van der Waals surface area contributed by atoms with Crippen molar-refractivity contribution in [1.29, 1.82) is 0 Å². The van der Waals surface area contributed by atoms with E-state index in [0.717, 1.165) is 0 Å². The number of imide groups is 1. The van der Waals surface area contributed by atoms with Crippen LogP contribution in [0, 0.1) is 0 Å². The van der Waals surface area contributed by atoms with Crippen LogP contribution < -0.4 is 5.32 Å². The molecule has 2 unspecified atom stereocenters. The fourth-order valence-electron chi connectivity index (χ4n) is 4.57. The van der Waals surface area contributed by atoms with Crippen LogP contribution in [0.4, 0.5) is 0 Å². The fourth-order valence-corrected chi connectivity index (χ4v) is 4.57. The number of hydrogen-bond acceptors (Lipinski definition) is 8. The summed E-state index contributed by atoms with van der Waals surface area (Å²) < 4.78 is 6.21. The van der Waals surface area contributed by atoms with Gasteiger partial charge in [-0.15, -0.1) is 5.10 Å². The predicted molar refractivity (Wildman–Crippen MR) is 118 cm³/mol. The molecule has 1 aromatic heterocycles. The van der Waals surface area contributed by atoms with Crippen LogP contribution in [0.1, 0.15) is 45.7 Å². The van der Waals surface area contributed by atoms with Crippen molar-refractivity contribution in [2.75, 3.05) is 13.7 Å². The van der Waals surface area contributed by atoms with Gasteiger partial charge in [0.2, 0.25) is 11.8 Å². The van der Waals surface area contributed by atoms with Crippen LogP contribution in [-0.2, 0) is 25.7 Å². The summed E-state index contributed by atoms with van der Waals surface area (Å²) in [7, 11) is 1.27. The van der Waals surface area contributed by atoms with Crippen molar-refractivity contribution < 1.29 is 28.7 Å². The van der Waals surface area contributed by atoms with E-state index in [0.29, 0.717) is 29.8 Å². The van der Waals surface area contributed by atoms with Crippen LogP contribution in [0.2, 0.25) is 0 Å². The Bertz CT molecular complexity index is 1280. The summed E-state index contributed by atoms with van der Waals surface area (Å²) in [5, 5.41) is 10.3. The zero-order valence-corrected chi connectivity index (χ0v) is 18.8. The highest BCUT2D eigenvalue weighted by molar-refractivity contribution is 6.05. The van der Waals surface area contributed by atoms with Crippen LogP contribution in [-0.4, -0.2) is 80.1 Å². The SMILES string of the molecule is COC(=O)C1C=CCCN1C(=O)c1cn(-c2ccc3c(c2)CN(C2CCC(=O)NC2=O)C3=O)nn1. The molecule has 2 aromatic rings. The first-order chi connectivity index (χ1) is 16.9. The Kier molecular flexibility index (Phi) is 5.63. The molecule has 180 valence electrons. The van der Waals surface area contributed by atoms with Crippen LogP contribution in [0.3, 0.4) is 0 Å². The molecule has 35 heavy (non-hydrogen) atoms. The van der Waals surface area contributed by atoms with Crippen molar-refractivity contribution in [3.8, 4) is 5.69 Å². The number of methoxy groups -OCH3 is 1. The molecular weight excluding hydrogens is 456 g/mol. The lowest BCUT2D eigenvalue weighted by Gasteiger charge is -2.29. The quantitative estimate of drug-likeness (QED) is 0.367. The maximum absolute atomic E-state index is 13.0. The lowest BCUT2D eigenvalue weighted by atomic mass is 10.0. The Morgan fingerprint density at radius 3 is 2.80 bits per heavy atom. The molecule has 4 amide bonds. The lowest BCUT2D eigenvalue weighted by Crippen LogP contribution is -2.52. The number of piperidine rings is 1. The third-order valence-corrected chi connectivity index (χ3v) is 6.38. The first kappa shape index (κ1) is 22.4. The molecule has 1 saturated heterocycles. The molecule has 12 nitrogen and oxygen atoms in total. The molecule has 1 aromatic carbocycles. The van der Waals surface area contributed by atoms with Gasteiger partial charge in [0, 0.05) is 25.1 Å². The van der Waals surface area contributed by atoms with Gasteiger partial charge in [0.15, 0.2) is 5.69 Å². The molecule has 1 fully saturated rings. The van der Waals surface area contributed by atoms with Gasteiger partial charge in [-0.05, 0) is 36.6 Å². The number of amides is 4. The number of benzene rings is 1. The van der Waals surface area contributed by atoms with Gasteiger partial charge in [0.05, 0.1) is 19.0 Å². The minimum Gasteiger partial charge on any atom is -0.467 e. The van der Waals surface area contributed by atoms with Gasteiger partial charge in [-0.1, -0.05) is 17.4 Å². The zero-order chi connectivity index (χ0) is 24.7. The van der Waals surface area contributed by atoms with Gasteiger partial charge in [-0.2, -0.15) is 0 Å². The van der Waals surface area contributed by atoms with E-state index in [-0.39, 0.29) is 36.9 Å². The van der Waals surface area contributed by atoms with Crippen molar-refractivity contribution >= 4 is 29.6 Å². The van der Waals surface area contributed by atoms with Gasteiger partial charge in [-0.25, -0.2) is 9.48 Å². The molecule has 3 aliphatic heterocycles.